The van der Waals surface area contributed by atoms with Crippen molar-refractivity contribution >= 4 is 17.2 Å². The second kappa shape index (κ2) is 6.95. The van der Waals surface area contributed by atoms with E-state index in [-0.39, 0.29) is 5.02 Å². The topological polar surface area (TPSA) is 109 Å². The quantitative estimate of drug-likeness (QED) is 0.518. The van der Waals surface area contributed by atoms with Crippen LogP contribution < -0.4 is 23.0 Å². The molecule has 0 amide bonds. The molecule has 0 bridgehead atoms. The SMILES string of the molecule is FC(F)(F)c1cc(Cl)c2ncc3c([n+]2c1)CCCC3.[O-][Cl+3]([O-])([O-])[O-]. The Morgan fingerprint density at radius 2 is 1.71 bits per heavy atom. The average Bonchev–Trinajstić information content (AvgIpc) is 2.44. The second-order valence-electron chi connectivity index (χ2n) is 5.08. The maximum absolute atomic E-state index is 12.8. The van der Waals surface area contributed by atoms with Crippen molar-refractivity contribution in [3.05, 3.63) is 40.3 Å². The molecule has 6 nitrogen and oxygen atoms in total. The monoisotopic (exact) mass is 386 g/mol. The van der Waals surface area contributed by atoms with E-state index >= 15 is 0 Å². The zero-order chi connectivity index (χ0) is 18.1. The summed E-state index contributed by atoms with van der Waals surface area (Å²) in [4.78, 5) is 4.18. The first-order valence-electron chi connectivity index (χ1n) is 6.67. The molecule has 0 spiro atoms. The van der Waals surface area contributed by atoms with Gasteiger partial charge < -0.3 is 0 Å². The summed E-state index contributed by atoms with van der Waals surface area (Å²) in [5, 5.41) is 0.0307. The van der Waals surface area contributed by atoms with Crippen LogP contribution in [0.15, 0.2) is 18.5 Å². The van der Waals surface area contributed by atoms with E-state index in [9.17, 15) is 13.2 Å². The van der Waals surface area contributed by atoms with Crippen molar-refractivity contribution < 1.29 is 46.5 Å². The molecule has 0 saturated heterocycles. The Kier molecular flexibility index (Phi) is 5.53. The summed E-state index contributed by atoms with van der Waals surface area (Å²) in [6, 6.07) is 0.930. The van der Waals surface area contributed by atoms with E-state index in [0.29, 0.717) is 5.65 Å². The predicted molar refractivity (Wildman–Crippen MR) is 64.1 cm³/mol. The van der Waals surface area contributed by atoms with Crippen molar-refractivity contribution in [2.45, 2.75) is 31.9 Å². The number of nitrogens with zero attached hydrogens (tertiary/aromatic N) is 2. The van der Waals surface area contributed by atoms with E-state index in [1.165, 1.54) is 4.40 Å². The highest BCUT2D eigenvalue weighted by atomic mass is 35.7. The number of pyridine rings is 1. The van der Waals surface area contributed by atoms with Crippen LogP contribution in [0.3, 0.4) is 0 Å². The number of aromatic nitrogens is 2. The van der Waals surface area contributed by atoms with Crippen LogP contribution >= 0.6 is 11.6 Å². The number of hydrogen-bond acceptors (Lipinski definition) is 5. The molecule has 0 atom stereocenters. The van der Waals surface area contributed by atoms with Crippen molar-refractivity contribution in [3.8, 4) is 0 Å². The van der Waals surface area contributed by atoms with Crippen LogP contribution in [0.1, 0.15) is 29.7 Å². The van der Waals surface area contributed by atoms with E-state index in [0.717, 1.165) is 49.2 Å². The standard InChI is InChI=1S/C13H11ClF3N2.ClHO4/c14-10-5-9(13(15,16)17)7-19-11-4-2-1-3-8(11)6-18-12(10)19;2-1(3,4)5/h5-7H,1-4H2;(H,2,3,4,5)/q+1;/p-1. The van der Waals surface area contributed by atoms with Crippen LogP contribution in [0, 0.1) is 10.2 Å². The fraction of sp³-hybridized carbons (Fsp3) is 0.385. The molecule has 2 aromatic rings. The van der Waals surface area contributed by atoms with Gasteiger partial charge in [-0.25, -0.2) is 18.6 Å². The van der Waals surface area contributed by atoms with Crippen molar-refractivity contribution in [2.75, 3.05) is 0 Å². The van der Waals surface area contributed by atoms with Gasteiger partial charge in [-0.15, -0.1) is 10.2 Å². The van der Waals surface area contributed by atoms with Gasteiger partial charge in [0, 0.05) is 12.0 Å². The summed E-state index contributed by atoms with van der Waals surface area (Å²) in [6.07, 6.45) is 2.07. The maximum Gasteiger partial charge on any atom is 0.419 e. The number of hydrogen-bond donors (Lipinski definition) is 0. The van der Waals surface area contributed by atoms with Gasteiger partial charge in [-0.2, -0.15) is 17.6 Å². The molecule has 11 heteroatoms. The highest BCUT2D eigenvalue weighted by molar-refractivity contribution is 6.33. The van der Waals surface area contributed by atoms with Gasteiger partial charge in [0.15, 0.2) is 0 Å². The first kappa shape index (κ1) is 19.1. The summed E-state index contributed by atoms with van der Waals surface area (Å²) < 4.78 is 74.0. The molecule has 132 valence electrons. The summed E-state index contributed by atoms with van der Waals surface area (Å²) in [5.41, 5.74) is 1.55. The third kappa shape index (κ3) is 4.88. The molecule has 1 aliphatic carbocycles. The smallest absolute Gasteiger partial charge is 0.222 e. The Morgan fingerprint density at radius 3 is 2.29 bits per heavy atom. The minimum absolute atomic E-state index is 0.0307. The minimum atomic E-state index is -4.94. The third-order valence-electron chi connectivity index (χ3n) is 3.43. The first-order chi connectivity index (χ1) is 11.0. The number of alkyl halides is 3. The summed E-state index contributed by atoms with van der Waals surface area (Å²) in [7, 11) is -4.94. The normalized spacial score (nSPS) is 14.8. The molecular weight excluding hydrogens is 376 g/mol. The lowest BCUT2D eigenvalue weighted by molar-refractivity contribution is -2.00. The molecular formula is C13H11Cl2F3N2O4. The van der Waals surface area contributed by atoms with Gasteiger partial charge in [0.25, 0.3) is 0 Å². The van der Waals surface area contributed by atoms with Crippen molar-refractivity contribution in [3.63, 3.8) is 0 Å². The lowest BCUT2D eigenvalue weighted by atomic mass is 9.97. The summed E-state index contributed by atoms with van der Waals surface area (Å²) in [6.45, 7) is 0. The molecule has 0 saturated carbocycles. The van der Waals surface area contributed by atoms with Gasteiger partial charge in [-0.3, -0.25) is 0 Å². The molecule has 0 aliphatic heterocycles. The van der Waals surface area contributed by atoms with E-state index in [1.807, 2.05) is 0 Å². The van der Waals surface area contributed by atoms with Gasteiger partial charge in [-0.1, -0.05) is 11.6 Å². The Bertz CT molecular complexity index is 745. The molecule has 0 unspecified atom stereocenters. The molecule has 0 N–H and O–H groups in total. The fourth-order valence-corrected chi connectivity index (χ4v) is 2.76. The highest BCUT2D eigenvalue weighted by Crippen LogP contribution is 2.31. The number of aryl methyl sites for hydroxylation is 2. The van der Waals surface area contributed by atoms with E-state index < -0.39 is 22.0 Å². The van der Waals surface area contributed by atoms with Crippen LogP contribution in [0.2, 0.25) is 5.02 Å². The Labute approximate surface area is 141 Å². The lowest BCUT2D eigenvalue weighted by Gasteiger charge is -2.17. The van der Waals surface area contributed by atoms with E-state index in [1.54, 1.807) is 6.20 Å². The van der Waals surface area contributed by atoms with Crippen LogP contribution in [0.25, 0.3) is 5.65 Å². The van der Waals surface area contributed by atoms with Crippen LogP contribution in [-0.2, 0) is 19.0 Å². The third-order valence-corrected chi connectivity index (χ3v) is 3.71. The molecule has 0 fully saturated rings. The van der Waals surface area contributed by atoms with Gasteiger partial charge in [0.1, 0.15) is 23.1 Å². The maximum atomic E-state index is 12.8. The van der Waals surface area contributed by atoms with Gasteiger partial charge in [-0.05, 0) is 30.3 Å². The van der Waals surface area contributed by atoms with Gasteiger partial charge in [0.05, 0.1) is 5.56 Å². The van der Waals surface area contributed by atoms with Crippen LogP contribution in [0.4, 0.5) is 13.2 Å². The molecule has 2 aromatic heterocycles. The Hall–Kier alpha value is -1.23. The van der Waals surface area contributed by atoms with Crippen molar-refractivity contribution in [2.24, 2.45) is 0 Å². The van der Waals surface area contributed by atoms with Crippen molar-refractivity contribution in [1.29, 1.82) is 0 Å². The molecule has 0 radical (unpaired) electrons. The molecule has 3 rings (SSSR count). The number of halogens is 5. The summed E-state index contributed by atoms with van der Waals surface area (Å²) in [5.74, 6) is 0. The van der Waals surface area contributed by atoms with Gasteiger partial charge in [0.2, 0.25) is 0 Å². The highest BCUT2D eigenvalue weighted by Gasteiger charge is 2.34. The van der Waals surface area contributed by atoms with Crippen molar-refractivity contribution in [1.82, 2.24) is 4.98 Å². The van der Waals surface area contributed by atoms with E-state index in [4.69, 9.17) is 30.2 Å². The zero-order valence-corrected chi connectivity index (χ0v) is 13.5. The molecule has 1 aliphatic rings. The summed E-state index contributed by atoms with van der Waals surface area (Å²) >= 11 is 5.93. The first-order valence-corrected chi connectivity index (χ1v) is 8.28. The lowest BCUT2D eigenvalue weighted by Crippen LogP contribution is -2.68. The molecule has 0 aromatic carbocycles. The zero-order valence-electron chi connectivity index (χ0n) is 12.0. The minimum Gasteiger partial charge on any atom is -0.222 e. The molecule has 24 heavy (non-hydrogen) atoms. The Balaban J connectivity index is 0.000000368. The molecule has 2 heterocycles. The predicted octanol–water partition coefficient (Wildman–Crippen LogP) is -1.38. The Morgan fingerprint density at radius 1 is 1.12 bits per heavy atom. The largest absolute Gasteiger partial charge is 0.419 e. The van der Waals surface area contributed by atoms with E-state index in [2.05, 4.69) is 4.98 Å². The average molecular weight is 387 g/mol. The second-order valence-corrected chi connectivity index (χ2v) is 6.25. The number of rotatable bonds is 0. The van der Waals surface area contributed by atoms with Crippen LogP contribution in [0.5, 0.6) is 0 Å². The van der Waals surface area contributed by atoms with Gasteiger partial charge >= 0.3 is 11.8 Å². The number of fused-ring (bicyclic) bond motifs is 3. The van der Waals surface area contributed by atoms with Crippen LogP contribution in [-0.4, -0.2) is 4.98 Å². The fourth-order valence-electron chi connectivity index (χ4n) is 2.50.